The predicted octanol–water partition coefficient (Wildman–Crippen LogP) is 3.09. The second-order valence-electron chi connectivity index (χ2n) is 6.94. The van der Waals surface area contributed by atoms with E-state index in [-0.39, 0.29) is 12.5 Å². The summed E-state index contributed by atoms with van der Waals surface area (Å²) in [5, 5.41) is 2.82. The molecule has 0 aliphatic carbocycles. The van der Waals surface area contributed by atoms with E-state index in [2.05, 4.69) is 21.2 Å². The molecule has 4 rings (SSSR count). The zero-order chi connectivity index (χ0) is 20.6. The van der Waals surface area contributed by atoms with E-state index in [4.69, 9.17) is 4.74 Å². The number of urea groups is 1. The molecule has 0 radical (unpaired) electrons. The summed E-state index contributed by atoms with van der Waals surface area (Å²) < 4.78 is 6.63. The van der Waals surface area contributed by atoms with Crippen molar-refractivity contribution in [3.8, 4) is 5.75 Å². The molecule has 2 aliphatic rings. The number of carbonyl (C=O) groups is 3. The van der Waals surface area contributed by atoms with E-state index in [1.54, 1.807) is 34.4 Å². The SMILES string of the molecule is CCN(Cc1ccc(Br)s1)C(=O)CN1C(=O)NC2(CCOc3ccccc32)C1=O. The minimum Gasteiger partial charge on any atom is -0.493 e. The number of fused-ring (bicyclic) bond motifs is 2. The maximum Gasteiger partial charge on any atom is 0.325 e. The number of rotatable bonds is 5. The number of benzene rings is 1. The second-order valence-corrected chi connectivity index (χ2v) is 9.48. The molecule has 2 aromatic rings. The van der Waals surface area contributed by atoms with Crippen LogP contribution >= 0.6 is 27.3 Å². The first kappa shape index (κ1) is 19.9. The van der Waals surface area contributed by atoms with Gasteiger partial charge in [-0.2, -0.15) is 0 Å². The van der Waals surface area contributed by atoms with Crippen LogP contribution in [0.25, 0.3) is 0 Å². The molecule has 1 fully saturated rings. The quantitative estimate of drug-likeness (QED) is 0.671. The fraction of sp³-hybridized carbons (Fsp3) is 0.350. The highest BCUT2D eigenvalue weighted by Crippen LogP contribution is 2.40. The molecule has 1 spiro atoms. The number of nitrogens with one attached hydrogen (secondary N) is 1. The van der Waals surface area contributed by atoms with Crippen molar-refractivity contribution in [2.45, 2.75) is 25.4 Å². The molecule has 152 valence electrons. The third-order valence-electron chi connectivity index (χ3n) is 5.26. The summed E-state index contributed by atoms with van der Waals surface area (Å²) in [4.78, 5) is 42.5. The number of imide groups is 1. The molecule has 0 bridgehead atoms. The molecule has 9 heteroatoms. The Labute approximate surface area is 180 Å². The number of likely N-dealkylation sites (N-methyl/N-ethyl adjacent to an activating group) is 1. The first-order valence-corrected chi connectivity index (χ1v) is 10.9. The van der Waals surface area contributed by atoms with E-state index in [0.29, 0.717) is 37.4 Å². The van der Waals surface area contributed by atoms with Gasteiger partial charge in [-0.15, -0.1) is 11.3 Å². The van der Waals surface area contributed by atoms with Gasteiger partial charge in [0.15, 0.2) is 5.54 Å². The van der Waals surface area contributed by atoms with Crippen molar-refractivity contribution in [3.63, 3.8) is 0 Å². The van der Waals surface area contributed by atoms with Gasteiger partial charge in [0.25, 0.3) is 5.91 Å². The van der Waals surface area contributed by atoms with Crippen LogP contribution in [0, 0.1) is 0 Å². The average Bonchev–Trinajstić information content (AvgIpc) is 3.23. The zero-order valence-corrected chi connectivity index (χ0v) is 18.2. The minimum atomic E-state index is -1.16. The number of carbonyl (C=O) groups excluding carboxylic acids is 3. The van der Waals surface area contributed by atoms with Gasteiger partial charge in [-0.1, -0.05) is 18.2 Å². The number of hydrogen-bond donors (Lipinski definition) is 1. The molecular formula is C20H20BrN3O4S. The monoisotopic (exact) mass is 477 g/mol. The topological polar surface area (TPSA) is 79.0 Å². The molecule has 1 saturated heterocycles. The van der Waals surface area contributed by atoms with Gasteiger partial charge in [0.2, 0.25) is 5.91 Å². The standard InChI is InChI=1S/C20H20BrN3O4S/c1-2-23(11-13-7-8-16(21)29-13)17(25)12-24-18(26)20(22-19(24)27)9-10-28-15-6-4-3-5-14(15)20/h3-8H,2,9-12H2,1H3,(H,22,27). The smallest absolute Gasteiger partial charge is 0.325 e. The molecule has 1 aromatic heterocycles. The highest BCUT2D eigenvalue weighted by Gasteiger charge is 2.55. The predicted molar refractivity (Wildman–Crippen MR) is 112 cm³/mol. The van der Waals surface area contributed by atoms with Gasteiger partial charge >= 0.3 is 6.03 Å². The normalized spacial score (nSPS) is 20.4. The van der Waals surface area contributed by atoms with Crippen molar-refractivity contribution in [2.75, 3.05) is 19.7 Å². The third-order valence-corrected chi connectivity index (χ3v) is 6.87. The molecule has 1 N–H and O–H groups in total. The molecular weight excluding hydrogens is 458 g/mol. The van der Waals surface area contributed by atoms with Gasteiger partial charge in [-0.05, 0) is 41.1 Å². The number of hydrogen-bond acceptors (Lipinski definition) is 5. The second kappa shape index (κ2) is 7.79. The highest BCUT2D eigenvalue weighted by atomic mass is 79.9. The van der Waals surface area contributed by atoms with E-state index in [9.17, 15) is 14.4 Å². The number of ether oxygens (including phenoxy) is 1. The molecule has 2 aliphatic heterocycles. The van der Waals surface area contributed by atoms with Crippen LogP contribution in [0.1, 0.15) is 23.8 Å². The number of amides is 4. The van der Waals surface area contributed by atoms with E-state index in [0.717, 1.165) is 13.6 Å². The highest BCUT2D eigenvalue weighted by molar-refractivity contribution is 9.11. The van der Waals surface area contributed by atoms with Gasteiger partial charge in [-0.25, -0.2) is 4.79 Å². The van der Waals surface area contributed by atoms with E-state index >= 15 is 0 Å². The van der Waals surface area contributed by atoms with Gasteiger partial charge in [0.1, 0.15) is 12.3 Å². The maximum atomic E-state index is 13.3. The van der Waals surface area contributed by atoms with Crippen molar-refractivity contribution < 1.29 is 19.1 Å². The van der Waals surface area contributed by atoms with Gasteiger partial charge in [0.05, 0.1) is 16.9 Å². The van der Waals surface area contributed by atoms with Crippen LogP contribution < -0.4 is 10.1 Å². The Morgan fingerprint density at radius 2 is 2.10 bits per heavy atom. The molecule has 1 aromatic carbocycles. The molecule has 4 amide bonds. The molecule has 29 heavy (non-hydrogen) atoms. The van der Waals surface area contributed by atoms with Crippen molar-refractivity contribution in [2.24, 2.45) is 0 Å². The lowest BCUT2D eigenvalue weighted by Gasteiger charge is -2.33. The maximum absolute atomic E-state index is 13.3. The lowest BCUT2D eigenvalue weighted by atomic mass is 9.84. The summed E-state index contributed by atoms with van der Waals surface area (Å²) in [6, 6.07) is 10.5. The van der Waals surface area contributed by atoms with Crippen LogP contribution in [-0.2, 0) is 21.7 Å². The molecule has 3 heterocycles. The summed E-state index contributed by atoms with van der Waals surface area (Å²) >= 11 is 4.97. The van der Waals surface area contributed by atoms with Crippen LogP contribution in [-0.4, -0.2) is 47.3 Å². The Kier molecular flexibility index (Phi) is 5.35. The van der Waals surface area contributed by atoms with Crippen molar-refractivity contribution in [3.05, 3.63) is 50.6 Å². The van der Waals surface area contributed by atoms with Crippen LogP contribution in [0.2, 0.25) is 0 Å². The third kappa shape index (κ3) is 3.53. The van der Waals surface area contributed by atoms with Gasteiger partial charge in [-0.3, -0.25) is 14.5 Å². The first-order valence-electron chi connectivity index (χ1n) is 9.33. The lowest BCUT2D eigenvalue weighted by molar-refractivity contribution is -0.139. The summed E-state index contributed by atoms with van der Waals surface area (Å²) in [5.41, 5.74) is -0.530. The first-order chi connectivity index (χ1) is 13.9. The lowest BCUT2D eigenvalue weighted by Crippen LogP contribution is -2.48. The van der Waals surface area contributed by atoms with Crippen molar-refractivity contribution >= 4 is 45.1 Å². The Bertz CT molecular complexity index is 978. The molecule has 0 saturated carbocycles. The zero-order valence-electron chi connectivity index (χ0n) is 15.8. The van der Waals surface area contributed by atoms with E-state index in [1.165, 1.54) is 0 Å². The van der Waals surface area contributed by atoms with Crippen LogP contribution in [0.3, 0.4) is 0 Å². The fourth-order valence-electron chi connectivity index (χ4n) is 3.75. The number of para-hydroxylation sites is 1. The van der Waals surface area contributed by atoms with Crippen LogP contribution in [0.5, 0.6) is 5.75 Å². The largest absolute Gasteiger partial charge is 0.493 e. The van der Waals surface area contributed by atoms with Crippen molar-refractivity contribution in [1.29, 1.82) is 0 Å². The number of thiophene rings is 1. The molecule has 1 unspecified atom stereocenters. The van der Waals surface area contributed by atoms with Gasteiger partial charge in [0, 0.05) is 23.4 Å². The number of halogens is 1. The Morgan fingerprint density at radius 1 is 1.31 bits per heavy atom. The molecule has 1 atom stereocenters. The Hall–Kier alpha value is -2.39. The average molecular weight is 478 g/mol. The van der Waals surface area contributed by atoms with Gasteiger partial charge < -0.3 is 15.0 Å². The van der Waals surface area contributed by atoms with Crippen LogP contribution in [0.4, 0.5) is 4.79 Å². The number of nitrogens with zero attached hydrogens (tertiary/aromatic N) is 2. The molecule has 7 nitrogen and oxygen atoms in total. The Morgan fingerprint density at radius 3 is 2.83 bits per heavy atom. The van der Waals surface area contributed by atoms with Crippen LogP contribution in [0.15, 0.2) is 40.2 Å². The Balaban J connectivity index is 1.53. The minimum absolute atomic E-state index is 0.266. The van der Waals surface area contributed by atoms with E-state index < -0.39 is 17.5 Å². The fourth-order valence-corrected chi connectivity index (χ4v) is 5.25. The summed E-state index contributed by atoms with van der Waals surface area (Å²) in [5.74, 6) is -0.0847. The summed E-state index contributed by atoms with van der Waals surface area (Å²) in [6.07, 6.45) is 0.333. The van der Waals surface area contributed by atoms with E-state index in [1.807, 2.05) is 25.1 Å². The van der Waals surface area contributed by atoms with Crippen molar-refractivity contribution in [1.82, 2.24) is 15.1 Å². The summed E-state index contributed by atoms with van der Waals surface area (Å²) in [7, 11) is 0. The summed E-state index contributed by atoms with van der Waals surface area (Å²) in [6.45, 7) is 2.84.